The third kappa shape index (κ3) is 13.1. The normalized spacial score (nSPS) is 10.2. The Hall–Kier alpha value is 1.12. The zero-order chi connectivity index (χ0) is 9.23. The van der Waals surface area contributed by atoms with Crippen molar-refractivity contribution < 1.29 is 24.0 Å². The highest BCUT2D eigenvalue weighted by Gasteiger charge is 2.07. The van der Waals surface area contributed by atoms with Crippen molar-refractivity contribution in [2.75, 3.05) is 12.3 Å². The molecule has 0 fully saturated rings. The maximum absolute atomic E-state index is 6.06. The molecule has 0 saturated carbocycles. The van der Waals surface area contributed by atoms with Crippen molar-refractivity contribution in [1.82, 2.24) is 0 Å². The molecule has 0 rings (SSSR count). The summed E-state index contributed by atoms with van der Waals surface area (Å²) in [5.41, 5.74) is 6.06. The molecule has 0 unspecified atom stereocenters. The smallest absolute Gasteiger partial charge is 0.0724 e. The molecule has 0 saturated heterocycles. The monoisotopic (exact) mass is 317 g/mol. The lowest BCUT2D eigenvalue weighted by molar-refractivity contribution is -0.00000291. The van der Waals surface area contributed by atoms with Crippen molar-refractivity contribution in [2.45, 2.75) is 52.4 Å². The Bertz CT molecular complexity index is 81.0. The zero-order valence-electron chi connectivity index (χ0n) is 9.11. The van der Waals surface area contributed by atoms with Gasteiger partial charge in [-0.3, -0.25) is 0 Å². The predicted octanol–water partition coefficient (Wildman–Crippen LogP) is 0.459. The van der Waals surface area contributed by atoms with Gasteiger partial charge < -0.3 is 24.0 Å². The van der Waals surface area contributed by atoms with Gasteiger partial charge in [0.1, 0.15) is 0 Å². The van der Waals surface area contributed by atoms with Crippen LogP contribution in [0.2, 0.25) is 0 Å². The Morgan fingerprint density at radius 3 is 1.54 bits per heavy atom. The van der Waals surface area contributed by atoms with Crippen LogP contribution in [-0.4, -0.2) is 12.3 Å². The lowest BCUT2D eigenvalue weighted by Crippen LogP contribution is -3.00. The molecule has 0 aliphatic heterocycles. The van der Waals surface area contributed by atoms with E-state index in [1.54, 1.807) is 0 Å². The minimum atomic E-state index is -0.435. The largest absolute Gasteiger partial charge is 1.00 e. The number of hydrogen-bond donors (Lipinski definition) is 1. The van der Waals surface area contributed by atoms with E-state index in [2.05, 4.69) is 13.8 Å². The fraction of sp³-hybridized carbons (Fsp3) is 1.00. The van der Waals surface area contributed by atoms with Crippen LogP contribution < -0.4 is 29.5 Å². The summed E-state index contributed by atoms with van der Waals surface area (Å²) in [6.45, 7) is 4.50. The number of hydrogen-bond acceptors (Lipinski definition) is 1. The SMILES string of the molecule is CCCCC[PH+](N)CCCCC.[I-]. The van der Waals surface area contributed by atoms with E-state index in [-0.39, 0.29) is 24.0 Å². The molecule has 0 atom stereocenters. The fourth-order valence-corrected chi connectivity index (χ4v) is 2.99. The van der Waals surface area contributed by atoms with Gasteiger partial charge in [-0.05, 0) is 12.8 Å². The molecular weight excluding hydrogens is 292 g/mol. The van der Waals surface area contributed by atoms with Gasteiger partial charge in [0.25, 0.3) is 0 Å². The van der Waals surface area contributed by atoms with Crippen LogP contribution in [-0.2, 0) is 0 Å². The van der Waals surface area contributed by atoms with E-state index in [1.807, 2.05) is 0 Å². The van der Waals surface area contributed by atoms with Crippen LogP contribution in [0.3, 0.4) is 0 Å². The van der Waals surface area contributed by atoms with Gasteiger partial charge in [-0.25, -0.2) is 5.50 Å². The summed E-state index contributed by atoms with van der Waals surface area (Å²) in [5, 5.41) is 0. The van der Waals surface area contributed by atoms with Crippen LogP contribution in [0.5, 0.6) is 0 Å². The Labute approximate surface area is 102 Å². The van der Waals surface area contributed by atoms with E-state index < -0.39 is 8.07 Å². The maximum atomic E-state index is 6.06. The first-order chi connectivity index (χ1) is 5.81. The van der Waals surface area contributed by atoms with Gasteiger partial charge in [0.05, 0.1) is 20.4 Å². The van der Waals surface area contributed by atoms with Crippen molar-refractivity contribution in [3.05, 3.63) is 0 Å². The summed E-state index contributed by atoms with van der Waals surface area (Å²) in [5.74, 6) is 0. The standard InChI is InChI=1S/C10H24NP.HI/c1-3-5-7-9-12(11)10-8-6-4-2;/h3-11H2,1-2H3;1H. The molecule has 13 heavy (non-hydrogen) atoms. The van der Waals surface area contributed by atoms with E-state index in [1.165, 1.54) is 50.8 Å². The molecule has 0 aromatic rings. The molecule has 0 aliphatic carbocycles. The predicted molar refractivity (Wildman–Crippen MR) is 61.3 cm³/mol. The van der Waals surface area contributed by atoms with E-state index in [4.69, 9.17) is 5.50 Å². The minimum absolute atomic E-state index is 0. The van der Waals surface area contributed by atoms with Crippen LogP contribution in [0, 0.1) is 0 Å². The Morgan fingerprint density at radius 1 is 0.846 bits per heavy atom. The molecule has 0 radical (unpaired) electrons. The second kappa shape index (κ2) is 13.1. The number of rotatable bonds is 8. The molecule has 2 N–H and O–H groups in total. The van der Waals surface area contributed by atoms with Crippen LogP contribution in [0.4, 0.5) is 0 Å². The summed E-state index contributed by atoms with van der Waals surface area (Å²) >= 11 is 0. The van der Waals surface area contributed by atoms with Crippen LogP contribution >= 0.6 is 8.07 Å². The fourth-order valence-electron chi connectivity index (χ4n) is 1.33. The number of halogens is 1. The summed E-state index contributed by atoms with van der Waals surface area (Å²) < 4.78 is 0. The van der Waals surface area contributed by atoms with Gasteiger partial charge in [-0.1, -0.05) is 39.5 Å². The van der Waals surface area contributed by atoms with Crippen LogP contribution in [0.1, 0.15) is 52.4 Å². The minimum Gasteiger partial charge on any atom is -1.00 e. The van der Waals surface area contributed by atoms with E-state index in [9.17, 15) is 0 Å². The topological polar surface area (TPSA) is 26.0 Å². The maximum Gasteiger partial charge on any atom is 0.0724 e. The first kappa shape index (κ1) is 16.5. The molecule has 0 aliphatic rings. The van der Waals surface area contributed by atoms with Gasteiger partial charge in [-0.15, -0.1) is 0 Å². The third-order valence-corrected chi connectivity index (χ3v) is 4.19. The molecule has 1 nitrogen and oxygen atoms in total. The molecule has 0 amide bonds. The van der Waals surface area contributed by atoms with Gasteiger partial charge in [0.2, 0.25) is 0 Å². The first-order valence-electron chi connectivity index (χ1n) is 5.41. The summed E-state index contributed by atoms with van der Waals surface area (Å²) in [7, 11) is -0.435. The summed E-state index contributed by atoms with van der Waals surface area (Å²) in [6.07, 6.45) is 10.8. The van der Waals surface area contributed by atoms with Crippen LogP contribution in [0.25, 0.3) is 0 Å². The average molecular weight is 317 g/mol. The lowest BCUT2D eigenvalue weighted by Gasteiger charge is -2.03. The van der Waals surface area contributed by atoms with Gasteiger partial charge in [0, 0.05) is 0 Å². The van der Waals surface area contributed by atoms with Crippen molar-refractivity contribution >= 4 is 8.07 Å². The highest BCUT2D eigenvalue weighted by molar-refractivity contribution is 7.55. The highest BCUT2D eigenvalue weighted by atomic mass is 127. The van der Waals surface area contributed by atoms with Crippen molar-refractivity contribution in [3.63, 3.8) is 0 Å². The number of unbranched alkanes of at least 4 members (excludes halogenated alkanes) is 4. The van der Waals surface area contributed by atoms with E-state index in [0.29, 0.717) is 0 Å². The van der Waals surface area contributed by atoms with E-state index >= 15 is 0 Å². The highest BCUT2D eigenvalue weighted by Crippen LogP contribution is 2.28. The second-order valence-corrected chi connectivity index (χ2v) is 5.89. The molecular formula is C10H25INP. The van der Waals surface area contributed by atoms with Gasteiger partial charge in [0.15, 0.2) is 0 Å². The van der Waals surface area contributed by atoms with Crippen molar-refractivity contribution in [2.24, 2.45) is 5.50 Å². The molecule has 0 heterocycles. The van der Waals surface area contributed by atoms with Gasteiger partial charge >= 0.3 is 0 Å². The molecule has 0 aromatic heterocycles. The average Bonchev–Trinajstić information content (AvgIpc) is 2.06. The molecule has 3 heteroatoms. The molecule has 0 bridgehead atoms. The molecule has 0 aromatic carbocycles. The third-order valence-electron chi connectivity index (χ3n) is 2.20. The van der Waals surface area contributed by atoms with Crippen molar-refractivity contribution in [1.29, 1.82) is 0 Å². The van der Waals surface area contributed by atoms with E-state index in [0.717, 1.165) is 0 Å². The Morgan fingerprint density at radius 2 is 1.23 bits per heavy atom. The molecule has 82 valence electrons. The zero-order valence-corrected chi connectivity index (χ0v) is 12.3. The Balaban J connectivity index is 0. The first-order valence-corrected chi connectivity index (χ1v) is 7.40. The van der Waals surface area contributed by atoms with Gasteiger partial charge in [-0.2, -0.15) is 0 Å². The summed E-state index contributed by atoms with van der Waals surface area (Å²) in [6, 6.07) is 0. The lowest BCUT2D eigenvalue weighted by atomic mass is 10.3. The van der Waals surface area contributed by atoms with Crippen molar-refractivity contribution in [3.8, 4) is 0 Å². The molecule has 0 spiro atoms. The second-order valence-electron chi connectivity index (χ2n) is 3.57. The van der Waals surface area contributed by atoms with Crippen LogP contribution in [0.15, 0.2) is 0 Å². The Kier molecular flexibility index (Phi) is 16.7. The number of nitrogens with two attached hydrogens (primary N) is 1. The quantitative estimate of drug-likeness (QED) is 0.393. The summed E-state index contributed by atoms with van der Waals surface area (Å²) in [4.78, 5) is 0.